The van der Waals surface area contributed by atoms with E-state index in [4.69, 9.17) is 10.5 Å². The van der Waals surface area contributed by atoms with Gasteiger partial charge in [-0.05, 0) is 30.2 Å². The second-order valence-corrected chi connectivity index (χ2v) is 5.07. The van der Waals surface area contributed by atoms with Crippen LogP contribution in [0.3, 0.4) is 0 Å². The van der Waals surface area contributed by atoms with Crippen molar-refractivity contribution in [3.8, 4) is 11.1 Å². The van der Waals surface area contributed by atoms with Gasteiger partial charge in [0, 0.05) is 23.9 Å². The number of benzene rings is 1. The van der Waals surface area contributed by atoms with Crippen LogP contribution in [0, 0.1) is 0 Å². The lowest BCUT2D eigenvalue weighted by Gasteiger charge is -2.11. The predicted octanol–water partition coefficient (Wildman–Crippen LogP) is 1.85. The molecule has 0 saturated carbocycles. The number of rotatable bonds is 3. The molecule has 1 aliphatic heterocycles. The Kier molecular flexibility index (Phi) is 3.83. The molecule has 5 nitrogen and oxygen atoms in total. The fourth-order valence-corrected chi connectivity index (χ4v) is 2.39. The summed E-state index contributed by atoms with van der Waals surface area (Å²) in [6, 6.07) is 9.38. The number of carbonyl (C=O) groups is 1. The lowest BCUT2D eigenvalue weighted by atomic mass is 10.0. The lowest BCUT2D eigenvalue weighted by Crippen LogP contribution is -2.34. The summed E-state index contributed by atoms with van der Waals surface area (Å²) in [5.41, 5.74) is 9.05. The number of hydrogen-bond donors (Lipinski definition) is 2. The molecule has 1 amide bonds. The van der Waals surface area contributed by atoms with E-state index < -0.39 is 0 Å². The Hall–Kier alpha value is -2.40. The number of aromatic nitrogens is 1. The Morgan fingerprint density at radius 2 is 2.10 bits per heavy atom. The van der Waals surface area contributed by atoms with Crippen LogP contribution in [0.15, 0.2) is 42.7 Å². The molecule has 1 fully saturated rings. The van der Waals surface area contributed by atoms with Crippen molar-refractivity contribution in [2.45, 2.75) is 12.5 Å². The van der Waals surface area contributed by atoms with E-state index in [1.807, 2.05) is 18.2 Å². The van der Waals surface area contributed by atoms with Gasteiger partial charge in [0.05, 0.1) is 24.5 Å². The van der Waals surface area contributed by atoms with Crippen LogP contribution in [0.2, 0.25) is 0 Å². The van der Waals surface area contributed by atoms with E-state index in [0.717, 1.165) is 17.5 Å². The number of anilines is 1. The van der Waals surface area contributed by atoms with E-state index in [-0.39, 0.29) is 11.9 Å². The topological polar surface area (TPSA) is 77.2 Å². The van der Waals surface area contributed by atoms with Crippen LogP contribution >= 0.6 is 0 Å². The first-order valence-corrected chi connectivity index (χ1v) is 6.92. The summed E-state index contributed by atoms with van der Waals surface area (Å²) in [4.78, 5) is 16.1. The van der Waals surface area contributed by atoms with Crippen molar-refractivity contribution in [1.29, 1.82) is 0 Å². The zero-order chi connectivity index (χ0) is 14.7. The second-order valence-electron chi connectivity index (χ2n) is 5.07. The Labute approximate surface area is 123 Å². The Morgan fingerprint density at radius 1 is 1.29 bits per heavy atom. The van der Waals surface area contributed by atoms with E-state index in [1.54, 1.807) is 24.5 Å². The van der Waals surface area contributed by atoms with Gasteiger partial charge in [-0.15, -0.1) is 0 Å². The number of hydrogen-bond acceptors (Lipinski definition) is 4. The zero-order valence-electron chi connectivity index (χ0n) is 11.6. The summed E-state index contributed by atoms with van der Waals surface area (Å²) >= 11 is 0. The number of nitrogens with one attached hydrogen (secondary N) is 1. The molecule has 2 heterocycles. The third-order valence-electron chi connectivity index (χ3n) is 3.57. The molecule has 3 rings (SSSR count). The van der Waals surface area contributed by atoms with Crippen molar-refractivity contribution in [2.24, 2.45) is 0 Å². The van der Waals surface area contributed by atoms with Crippen LogP contribution in [0.5, 0.6) is 0 Å². The van der Waals surface area contributed by atoms with Crippen molar-refractivity contribution < 1.29 is 9.53 Å². The smallest absolute Gasteiger partial charge is 0.251 e. The first kappa shape index (κ1) is 13.6. The number of nitrogens with two attached hydrogens (primary N) is 1. The second kappa shape index (κ2) is 5.93. The van der Waals surface area contributed by atoms with Gasteiger partial charge in [0.15, 0.2) is 0 Å². The molecular formula is C16H17N3O2. The summed E-state index contributed by atoms with van der Waals surface area (Å²) < 4.78 is 5.25. The molecular weight excluding hydrogens is 266 g/mol. The van der Waals surface area contributed by atoms with Crippen LogP contribution in [0.1, 0.15) is 16.8 Å². The number of ether oxygens (including phenoxy) is 1. The van der Waals surface area contributed by atoms with Crippen molar-refractivity contribution >= 4 is 11.6 Å². The summed E-state index contributed by atoms with van der Waals surface area (Å²) in [5.74, 6) is -0.0697. The molecule has 0 bridgehead atoms. The highest BCUT2D eigenvalue weighted by atomic mass is 16.5. The van der Waals surface area contributed by atoms with Gasteiger partial charge in [0.25, 0.3) is 5.91 Å². The average Bonchev–Trinajstić information content (AvgIpc) is 3.01. The Bertz CT molecular complexity index is 634. The van der Waals surface area contributed by atoms with Gasteiger partial charge >= 0.3 is 0 Å². The first-order valence-electron chi connectivity index (χ1n) is 6.92. The molecule has 5 heteroatoms. The molecule has 0 aliphatic carbocycles. The number of pyridine rings is 1. The predicted molar refractivity (Wildman–Crippen MR) is 80.8 cm³/mol. The van der Waals surface area contributed by atoms with Gasteiger partial charge < -0.3 is 15.8 Å². The van der Waals surface area contributed by atoms with Crippen LogP contribution < -0.4 is 11.1 Å². The first-order chi connectivity index (χ1) is 10.2. The van der Waals surface area contributed by atoms with Crippen LogP contribution in [0.25, 0.3) is 11.1 Å². The molecule has 0 radical (unpaired) electrons. The normalized spacial score (nSPS) is 17.6. The maximum atomic E-state index is 12.1. The fourth-order valence-electron chi connectivity index (χ4n) is 2.39. The quantitative estimate of drug-likeness (QED) is 0.901. The van der Waals surface area contributed by atoms with Gasteiger partial charge in [-0.2, -0.15) is 0 Å². The lowest BCUT2D eigenvalue weighted by molar-refractivity contribution is 0.0930. The van der Waals surface area contributed by atoms with Crippen LogP contribution in [0.4, 0.5) is 5.69 Å². The van der Waals surface area contributed by atoms with E-state index in [2.05, 4.69) is 10.3 Å². The van der Waals surface area contributed by atoms with Crippen molar-refractivity contribution in [2.75, 3.05) is 18.9 Å². The minimum absolute atomic E-state index is 0.0697. The van der Waals surface area contributed by atoms with Gasteiger partial charge in [-0.3, -0.25) is 9.78 Å². The Balaban J connectivity index is 1.74. The van der Waals surface area contributed by atoms with Gasteiger partial charge in [-0.25, -0.2) is 0 Å². The fraction of sp³-hybridized carbons (Fsp3) is 0.250. The van der Waals surface area contributed by atoms with Crippen molar-refractivity contribution in [3.05, 3.63) is 48.3 Å². The third kappa shape index (κ3) is 3.03. The standard InChI is InChI=1S/C16H17N3O2/c17-15-9-18-7-5-14(15)11-1-3-12(4-2-11)16(20)19-13-6-8-21-10-13/h1-5,7,9,13H,6,8,10,17H2,(H,19,20). The Morgan fingerprint density at radius 3 is 2.76 bits per heavy atom. The summed E-state index contributed by atoms with van der Waals surface area (Å²) in [7, 11) is 0. The number of nitrogen functional groups attached to an aromatic ring is 1. The highest BCUT2D eigenvalue weighted by molar-refractivity contribution is 5.95. The largest absolute Gasteiger partial charge is 0.397 e. The number of carbonyl (C=O) groups excluding carboxylic acids is 1. The monoisotopic (exact) mass is 283 g/mol. The summed E-state index contributed by atoms with van der Waals surface area (Å²) in [5, 5.41) is 2.97. The third-order valence-corrected chi connectivity index (χ3v) is 3.57. The molecule has 1 atom stereocenters. The molecule has 1 aliphatic rings. The molecule has 1 aromatic heterocycles. The summed E-state index contributed by atoms with van der Waals surface area (Å²) in [6.07, 6.45) is 4.19. The molecule has 0 spiro atoms. The maximum absolute atomic E-state index is 12.1. The molecule has 3 N–H and O–H groups in total. The highest BCUT2D eigenvalue weighted by Crippen LogP contribution is 2.24. The molecule has 1 aromatic carbocycles. The SMILES string of the molecule is Nc1cnccc1-c1ccc(C(=O)NC2CCOC2)cc1. The van der Waals surface area contributed by atoms with Crippen LogP contribution in [-0.2, 0) is 4.74 Å². The molecule has 2 aromatic rings. The van der Waals surface area contributed by atoms with E-state index >= 15 is 0 Å². The van der Waals surface area contributed by atoms with E-state index in [0.29, 0.717) is 24.5 Å². The molecule has 108 valence electrons. The number of amides is 1. The van der Waals surface area contributed by atoms with Crippen LogP contribution in [-0.4, -0.2) is 30.1 Å². The molecule has 1 unspecified atom stereocenters. The van der Waals surface area contributed by atoms with Crippen molar-refractivity contribution in [1.82, 2.24) is 10.3 Å². The zero-order valence-corrected chi connectivity index (χ0v) is 11.6. The van der Waals surface area contributed by atoms with Gasteiger partial charge in [0.1, 0.15) is 0 Å². The summed E-state index contributed by atoms with van der Waals surface area (Å²) in [6.45, 7) is 1.31. The van der Waals surface area contributed by atoms with E-state index in [1.165, 1.54) is 0 Å². The van der Waals surface area contributed by atoms with Crippen molar-refractivity contribution in [3.63, 3.8) is 0 Å². The average molecular weight is 283 g/mol. The minimum Gasteiger partial charge on any atom is -0.397 e. The highest BCUT2D eigenvalue weighted by Gasteiger charge is 2.18. The number of nitrogens with zero attached hydrogens (tertiary/aromatic N) is 1. The minimum atomic E-state index is -0.0697. The molecule has 1 saturated heterocycles. The maximum Gasteiger partial charge on any atom is 0.251 e. The van der Waals surface area contributed by atoms with Gasteiger partial charge in [0.2, 0.25) is 0 Å². The molecule has 21 heavy (non-hydrogen) atoms. The van der Waals surface area contributed by atoms with Gasteiger partial charge in [-0.1, -0.05) is 12.1 Å². The van der Waals surface area contributed by atoms with E-state index in [9.17, 15) is 4.79 Å².